The normalized spacial score (nSPS) is 28.4. The first kappa shape index (κ1) is 15.4. The molecule has 0 aliphatic heterocycles. The Hall–Kier alpha value is -0.0100. The molecule has 0 bridgehead atoms. The summed E-state index contributed by atoms with van der Waals surface area (Å²) in [5, 5.41) is 0.349. The van der Waals surface area contributed by atoms with Crippen LogP contribution in [-0.4, -0.2) is 5.38 Å². The average molecular weight is 344 g/mol. The van der Waals surface area contributed by atoms with Crippen LogP contribution in [0.25, 0.3) is 0 Å². The van der Waals surface area contributed by atoms with Crippen molar-refractivity contribution in [2.75, 3.05) is 0 Å². The molecule has 19 heavy (non-hydrogen) atoms. The van der Waals surface area contributed by atoms with Crippen LogP contribution >= 0.6 is 27.5 Å². The van der Waals surface area contributed by atoms with Crippen LogP contribution in [0.2, 0.25) is 0 Å². The van der Waals surface area contributed by atoms with Crippen LogP contribution in [0.3, 0.4) is 0 Å². The first-order valence-electron chi connectivity index (χ1n) is 7.25. The maximum atomic E-state index is 6.57. The van der Waals surface area contributed by atoms with E-state index >= 15 is 0 Å². The van der Waals surface area contributed by atoms with Crippen molar-refractivity contribution in [1.29, 1.82) is 0 Å². The van der Waals surface area contributed by atoms with E-state index in [9.17, 15) is 0 Å². The van der Waals surface area contributed by atoms with Gasteiger partial charge in [-0.2, -0.15) is 0 Å². The fourth-order valence-electron chi connectivity index (χ4n) is 3.15. The van der Waals surface area contributed by atoms with Gasteiger partial charge < -0.3 is 0 Å². The molecule has 1 aliphatic rings. The molecule has 0 heterocycles. The molecule has 0 nitrogen and oxygen atoms in total. The third-order valence-electron chi connectivity index (χ3n) is 4.53. The fraction of sp³-hybridized carbons (Fsp3) is 0.647. The Labute approximate surface area is 131 Å². The quantitative estimate of drug-likeness (QED) is 0.572. The molecule has 0 N–H and O–H groups in total. The first-order valence-corrected chi connectivity index (χ1v) is 8.47. The lowest BCUT2D eigenvalue weighted by molar-refractivity contribution is 0.144. The Morgan fingerprint density at radius 2 is 1.79 bits per heavy atom. The standard InChI is InChI=1S/C17H24BrCl/c1-17(2,3)14-6-9-16(19)13(11-14)10-12-4-7-15(18)8-5-12/h4-5,7-8,13-14,16H,6,9-11H2,1-3H3. The molecule has 0 spiro atoms. The number of hydrogen-bond donors (Lipinski definition) is 0. The van der Waals surface area contributed by atoms with E-state index in [0.29, 0.717) is 16.7 Å². The van der Waals surface area contributed by atoms with E-state index in [4.69, 9.17) is 11.6 Å². The van der Waals surface area contributed by atoms with E-state index in [2.05, 4.69) is 61.0 Å². The van der Waals surface area contributed by atoms with Crippen molar-refractivity contribution < 1.29 is 0 Å². The van der Waals surface area contributed by atoms with Gasteiger partial charge in [0.1, 0.15) is 0 Å². The van der Waals surface area contributed by atoms with E-state index in [1.165, 1.54) is 24.8 Å². The number of halogens is 2. The molecule has 1 saturated carbocycles. The summed E-state index contributed by atoms with van der Waals surface area (Å²) in [7, 11) is 0. The van der Waals surface area contributed by atoms with Gasteiger partial charge in [-0.05, 0) is 60.6 Å². The zero-order chi connectivity index (χ0) is 14.0. The lowest BCUT2D eigenvalue weighted by Crippen LogP contribution is -2.33. The summed E-state index contributed by atoms with van der Waals surface area (Å²) in [5.41, 5.74) is 1.82. The Morgan fingerprint density at radius 1 is 1.16 bits per heavy atom. The first-order chi connectivity index (χ1) is 8.86. The molecule has 1 aromatic carbocycles. The second kappa shape index (κ2) is 6.18. The maximum Gasteiger partial charge on any atom is 0.0367 e. The molecule has 2 heteroatoms. The molecule has 0 radical (unpaired) electrons. The molecule has 3 unspecified atom stereocenters. The Bertz CT molecular complexity index is 404. The van der Waals surface area contributed by atoms with Crippen LogP contribution in [0.15, 0.2) is 28.7 Å². The summed E-state index contributed by atoms with van der Waals surface area (Å²) in [6, 6.07) is 8.69. The van der Waals surface area contributed by atoms with Crippen LogP contribution in [0.1, 0.15) is 45.6 Å². The van der Waals surface area contributed by atoms with Crippen molar-refractivity contribution in [3.05, 3.63) is 34.3 Å². The third-order valence-corrected chi connectivity index (χ3v) is 5.63. The summed E-state index contributed by atoms with van der Waals surface area (Å²) in [4.78, 5) is 0. The van der Waals surface area contributed by atoms with E-state index in [0.717, 1.165) is 16.8 Å². The lowest BCUT2D eigenvalue weighted by atomic mass is 9.68. The minimum Gasteiger partial charge on any atom is -0.123 e. The smallest absolute Gasteiger partial charge is 0.0367 e. The topological polar surface area (TPSA) is 0 Å². The molecule has 1 aliphatic carbocycles. The highest BCUT2D eigenvalue weighted by molar-refractivity contribution is 9.10. The largest absolute Gasteiger partial charge is 0.123 e. The summed E-state index contributed by atoms with van der Waals surface area (Å²) in [5.74, 6) is 1.43. The highest BCUT2D eigenvalue weighted by Crippen LogP contribution is 2.43. The second-order valence-corrected chi connectivity index (χ2v) is 8.46. The van der Waals surface area contributed by atoms with Crippen molar-refractivity contribution in [1.82, 2.24) is 0 Å². The molecule has 1 fully saturated rings. The number of rotatable bonds is 2. The number of benzene rings is 1. The molecule has 106 valence electrons. The van der Waals surface area contributed by atoms with Crippen LogP contribution in [0.5, 0.6) is 0 Å². The van der Waals surface area contributed by atoms with E-state index in [1.807, 2.05) is 0 Å². The number of hydrogen-bond acceptors (Lipinski definition) is 0. The average Bonchev–Trinajstić information content (AvgIpc) is 2.33. The van der Waals surface area contributed by atoms with Gasteiger partial charge in [0.05, 0.1) is 0 Å². The van der Waals surface area contributed by atoms with Gasteiger partial charge in [-0.1, -0.05) is 48.8 Å². The van der Waals surface area contributed by atoms with E-state index < -0.39 is 0 Å². The zero-order valence-corrected chi connectivity index (χ0v) is 14.5. The van der Waals surface area contributed by atoms with Crippen molar-refractivity contribution >= 4 is 27.5 Å². The maximum absolute atomic E-state index is 6.57. The van der Waals surface area contributed by atoms with Gasteiger partial charge in [0.2, 0.25) is 0 Å². The summed E-state index contributed by atoms with van der Waals surface area (Å²) in [6.45, 7) is 7.09. The van der Waals surface area contributed by atoms with E-state index in [1.54, 1.807) is 0 Å². The van der Waals surface area contributed by atoms with Crippen molar-refractivity contribution in [3.8, 4) is 0 Å². The van der Waals surface area contributed by atoms with Crippen molar-refractivity contribution in [2.45, 2.75) is 51.8 Å². The highest BCUT2D eigenvalue weighted by Gasteiger charge is 2.34. The van der Waals surface area contributed by atoms with E-state index in [-0.39, 0.29) is 0 Å². The minimum absolute atomic E-state index is 0.349. The van der Waals surface area contributed by atoms with Gasteiger partial charge in [-0.15, -0.1) is 11.6 Å². The monoisotopic (exact) mass is 342 g/mol. The Morgan fingerprint density at radius 3 is 2.37 bits per heavy atom. The van der Waals surface area contributed by atoms with Gasteiger partial charge in [0.25, 0.3) is 0 Å². The van der Waals surface area contributed by atoms with Crippen LogP contribution in [0.4, 0.5) is 0 Å². The Kier molecular flexibility index (Phi) is 5.00. The number of alkyl halides is 1. The van der Waals surface area contributed by atoms with Crippen LogP contribution in [-0.2, 0) is 6.42 Å². The SMILES string of the molecule is CC(C)(C)C1CCC(Cl)C(Cc2ccc(Br)cc2)C1. The highest BCUT2D eigenvalue weighted by atomic mass is 79.9. The molecular formula is C17H24BrCl. The predicted octanol–water partition coefficient (Wildman–Crippen LogP) is 6.06. The molecule has 0 saturated heterocycles. The molecular weight excluding hydrogens is 320 g/mol. The summed E-state index contributed by atoms with van der Waals surface area (Å²) >= 11 is 10.1. The fourth-order valence-corrected chi connectivity index (χ4v) is 3.73. The predicted molar refractivity (Wildman–Crippen MR) is 87.8 cm³/mol. The molecule has 2 rings (SSSR count). The van der Waals surface area contributed by atoms with Gasteiger partial charge in [0.15, 0.2) is 0 Å². The van der Waals surface area contributed by atoms with Crippen LogP contribution in [0, 0.1) is 17.3 Å². The molecule has 0 aromatic heterocycles. The van der Waals surface area contributed by atoms with Gasteiger partial charge in [-0.25, -0.2) is 0 Å². The minimum atomic E-state index is 0.349. The second-order valence-electron chi connectivity index (χ2n) is 6.98. The molecule has 3 atom stereocenters. The lowest BCUT2D eigenvalue weighted by Gasteiger charge is -2.40. The van der Waals surface area contributed by atoms with Gasteiger partial charge in [0, 0.05) is 9.85 Å². The molecule has 1 aromatic rings. The van der Waals surface area contributed by atoms with Crippen molar-refractivity contribution in [2.24, 2.45) is 17.3 Å². The van der Waals surface area contributed by atoms with Crippen LogP contribution < -0.4 is 0 Å². The summed E-state index contributed by atoms with van der Waals surface area (Å²) < 4.78 is 1.15. The zero-order valence-electron chi connectivity index (χ0n) is 12.1. The summed E-state index contributed by atoms with van der Waals surface area (Å²) in [6.07, 6.45) is 4.85. The van der Waals surface area contributed by atoms with Crippen molar-refractivity contribution in [3.63, 3.8) is 0 Å². The van der Waals surface area contributed by atoms with Gasteiger partial charge in [-0.3, -0.25) is 0 Å². The molecule has 0 amide bonds. The Balaban J connectivity index is 2.03. The third kappa shape index (κ3) is 4.23. The van der Waals surface area contributed by atoms with Gasteiger partial charge >= 0.3 is 0 Å².